The van der Waals surface area contributed by atoms with E-state index in [-0.39, 0.29) is 11.9 Å². The summed E-state index contributed by atoms with van der Waals surface area (Å²) in [6.07, 6.45) is 3.86. The highest BCUT2D eigenvalue weighted by Gasteiger charge is 2.18. The lowest BCUT2D eigenvalue weighted by atomic mass is 10.0. The lowest BCUT2D eigenvalue weighted by molar-refractivity contribution is 0.214. The van der Waals surface area contributed by atoms with Crippen LogP contribution < -0.4 is 5.32 Å². The average molecular weight is 250 g/mol. The highest BCUT2D eigenvalue weighted by Crippen LogP contribution is 2.20. The number of hydrogen-bond donors (Lipinski definition) is 1. The predicted octanol–water partition coefficient (Wildman–Crippen LogP) is 2.96. The van der Waals surface area contributed by atoms with Crippen molar-refractivity contribution >= 4 is 0 Å². The summed E-state index contributed by atoms with van der Waals surface area (Å²) in [6.45, 7) is 4.29. The fourth-order valence-electron chi connectivity index (χ4n) is 2.61. The van der Waals surface area contributed by atoms with Crippen LogP contribution in [0.3, 0.4) is 0 Å². The van der Waals surface area contributed by atoms with Crippen LogP contribution in [0.25, 0.3) is 0 Å². The molecule has 3 heteroatoms. The number of hydrogen-bond acceptors (Lipinski definition) is 2. The third-order valence-corrected chi connectivity index (χ3v) is 3.91. The smallest absolute Gasteiger partial charge is 0.123 e. The molecular weight excluding hydrogens is 227 g/mol. The van der Waals surface area contributed by atoms with Gasteiger partial charge in [-0.25, -0.2) is 4.39 Å². The molecule has 1 saturated heterocycles. The first-order chi connectivity index (χ1) is 8.66. The highest BCUT2D eigenvalue weighted by atomic mass is 19.1. The van der Waals surface area contributed by atoms with Crippen LogP contribution in [-0.4, -0.2) is 31.1 Å². The number of halogens is 1. The van der Waals surface area contributed by atoms with Crippen molar-refractivity contribution < 1.29 is 4.39 Å². The summed E-state index contributed by atoms with van der Waals surface area (Å²) in [5.74, 6) is -0.149. The molecule has 1 aliphatic heterocycles. The Morgan fingerprint density at radius 2 is 2.28 bits per heavy atom. The quantitative estimate of drug-likeness (QED) is 0.884. The molecule has 1 heterocycles. The van der Waals surface area contributed by atoms with Gasteiger partial charge in [0.2, 0.25) is 0 Å². The molecule has 1 aromatic rings. The monoisotopic (exact) mass is 250 g/mol. The lowest BCUT2D eigenvalue weighted by Gasteiger charge is -2.32. The maximum absolute atomic E-state index is 13.2. The second kappa shape index (κ2) is 6.30. The van der Waals surface area contributed by atoms with Crippen LogP contribution in [0.5, 0.6) is 0 Å². The first-order valence-electron chi connectivity index (χ1n) is 6.86. The van der Waals surface area contributed by atoms with Crippen LogP contribution >= 0.6 is 0 Å². The summed E-state index contributed by atoms with van der Waals surface area (Å²) in [4.78, 5) is 2.30. The fraction of sp³-hybridized carbons (Fsp3) is 0.600. The minimum atomic E-state index is -0.149. The summed E-state index contributed by atoms with van der Waals surface area (Å²) in [5.41, 5.74) is 1.05. The van der Waals surface area contributed by atoms with Crippen molar-refractivity contribution in [2.24, 2.45) is 0 Å². The molecule has 1 fully saturated rings. The average Bonchev–Trinajstić information content (AvgIpc) is 2.39. The second-order valence-electron chi connectivity index (χ2n) is 5.32. The van der Waals surface area contributed by atoms with Gasteiger partial charge in [-0.05, 0) is 51.1 Å². The Morgan fingerprint density at radius 3 is 2.94 bits per heavy atom. The maximum atomic E-state index is 13.2. The zero-order valence-corrected chi connectivity index (χ0v) is 11.3. The van der Waals surface area contributed by atoms with Gasteiger partial charge in [0.15, 0.2) is 0 Å². The molecule has 0 radical (unpaired) electrons. The molecule has 0 bridgehead atoms. The van der Waals surface area contributed by atoms with Gasteiger partial charge in [-0.2, -0.15) is 0 Å². The van der Waals surface area contributed by atoms with Crippen LogP contribution in [0.4, 0.5) is 4.39 Å². The molecule has 0 aromatic heterocycles. The van der Waals surface area contributed by atoms with Gasteiger partial charge in [0, 0.05) is 18.6 Å². The lowest BCUT2D eigenvalue weighted by Crippen LogP contribution is -2.43. The summed E-state index contributed by atoms with van der Waals surface area (Å²) in [5, 5.41) is 3.55. The van der Waals surface area contributed by atoms with E-state index in [9.17, 15) is 4.39 Å². The molecule has 0 aliphatic carbocycles. The normalized spacial score (nSPS) is 22.1. The molecule has 1 aliphatic rings. The Hall–Kier alpha value is -0.930. The third-order valence-electron chi connectivity index (χ3n) is 3.91. The molecule has 2 unspecified atom stereocenters. The van der Waals surface area contributed by atoms with Crippen LogP contribution in [0.1, 0.15) is 37.8 Å². The second-order valence-corrected chi connectivity index (χ2v) is 5.32. The van der Waals surface area contributed by atoms with Crippen molar-refractivity contribution in [2.45, 2.75) is 38.3 Å². The van der Waals surface area contributed by atoms with E-state index < -0.39 is 0 Å². The van der Waals surface area contributed by atoms with Gasteiger partial charge in [-0.1, -0.05) is 18.6 Å². The number of rotatable bonds is 4. The SMILES string of the molecule is CC(c1cccc(F)c1)N(C)CC1CCCCN1. The third kappa shape index (κ3) is 3.53. The molecule has 0 spiro atoms. The molecule has 1 N–H and O–H groups in total. The number of benzene rings is 1. The van der Waals surface area contributed by atoms with E-state index in [1.165, 1.54) is 25.3 Å². The molecule has 2 atom stereocenters. The van der Waals surface area contributed by atoms with E-state index in [1.807, 2.05) is 6.07 Å². The van der Waals surface area contributed by atoms with E-state index in [2.05, 4.69) is 24.2 Å². The Balaban J connectivity index is 1.93. The van der Waals surface area contributed by atoms with Gasteiger partial charge in [0.1, 0.15) is 5.82 Å². The van der Waals surface area contributed by atoms with Crippen LogP contribution in [0.2, 0.25) is 0 Å². The van der Waals surface area contributed by atoms with E-state index in [0.29, 0.717) is 6.04 Å². The predicted molar refractivity (Wildman–Crippen MR) is 73.1 cm³/mol. The maximum Gasteiger partial charge on any atom is 0.123 e. The number of nitrogens with one attached hydrogen (secondary N) is 1. The Kier molecular flexibility index (Phi) is 4.72. The van der Waals surface area contributed by atoms with Crippen molar-refractivity contribution in [3.63, 3.8) is 0 Å². The molecule has 0 saturated carbocycles. The van der Waals surface area contributed by atoms with E-state index in [1.54, 1.807) is 12.1 Å². The number of likely N-dealkylation sites (N-methyl/N-ethyl adjacent to an activating group) is 1. The van der Waals surface area contributed by atoms with E-state index in [4.69, 9.17) is 0 Å². The zero-order valence-electron chi connectivity index (χ0n) is 11.3. The Morgan fingerprint density at radius 1 is 1.44 bits per heavy atom. The van der Waals surface area contributed by atoms with Crippen molar-refractivity contribution in [3.05, 3.63) is 35.6 Å². The molecule has 2 nitrogen and oxygen atoms in total. The molecule has 2 rings (SSSR count). The standard InChI is InChI=1S/C15H23FN2/c1-12(13-6-5-7-14(16)10-13)18(2)11-15-8-3-4-9-17-15/h5-7,10,12,15,17H,3-4,8-9,11H2,1-2H3. The summed E-state index contributed by atoms with van der Waals surface area (Å²) < 4.78 is 13.2. The minimum absolute atomic E-state index is 0.149. The van der Waals surface area contributed by atoms with Crippen molar-refractivity contribution in [1.82, 2.24) is 10.2 Å². The number of piperidine rings is 1. The van der Waals surface area contributed by atoms with Crippen molar-refractivity contribution in [3.8, 4) is 0 Å². The van der Waals surface area contributed by atoms with Crippen LogP contribution in [0.15, 0.2) is 24.3 Å². The van der Waals surface area contributed by atoms with Crippen LogP contribution in [0, 0.1) is 5.82 Å². The summed E-state index contributed by atoms with van der Waals surface area (Å²) in [6, 6.07) is 7.75. The molecule has 18 heavy (non-hydrogen) atoms. The fourth-order valence-corrected chi connectivity index (χ4v) is 2.61. The first-order valence-corrected chi connectivity index (χ1v) is 6.86. The van der Waals surface area contributed by atoms with Gasteiger partial charge >= 0.3 is 0 Å². The highest BCUT2D eigenvalue weighted by molar-refractivity contribution is 5.19. The Bertz CT molecular complexity index is 375. The first kappa shape index (κ1) is 13.5. The molecule has 100 valence electrons. The topological polar surface area (TPSA) is 15.3 Å². The summed E-state index contributed by atoms with van der Waals surface area (Å²) in [7, 11) is 2.12. The van der Waals surface area contributed by atoms with E-state index in [0.717, 1.165) is 18.7 Å². The molecule has 0 amide bonds. The Labute approximate surface area is 109 Å². The summed E-state index contributed by atoms with van der Waals surface area (Å²) >= 11 is 0. The van der Waals surface area contributed by atoms with Gasteiger partial charge in [0.05, 0.1) is 0 Å². The van der Waals surface area contributed by atoms with Gasteiger partial charge in [-0.15, -0.1) is 0 Å². The van der Waals surface area contributed by atoms with Gasteiger partial charge in [-0.3, -0.25) is 4.90 Å². The molecule has 1 aromatic carbocycles. The van der Waals surface area contributed by atoms with Gasteiger partial charge in [0.25, 0.3) is 0 Å². The largest absolute Gasteiger partial charge is 0.313 e. The van der Waals surface area contributed by atoms with Crippen molar-refractivity contribution in [1.29, 1.82) is 0 Å². The van der Waals surface area contributed by atoms with Crippen molar-refractivity contribution in [2.75, 3.05) is 20.1 Å². The van der Waals surface area contributed by atoms with E-state index >= 15 is 0 Å². The zero-order chi connectivity index (χ0) is 13.0. The molecular formula is C15H23FN2. The van der Waals surface area contributed by atoms with Crippen LogP contribution in [-0.2, 0) is 0 Å². The number of nitrogens with zero attached hydrogens (tertiary/aromatic N) is 1. The minimum Gasteiger partial charge on any atom is -0.313 e. The van der Waals surface area contributed by atoms with Gasteiger partial charge < -0.3 is 5.32 Å².